The number of amides is 2. The summed E-state index contributed by atoms with van der Waals surface area (Å²) in [4.78, 5) is 36.9. The molecule has 4 heterocycles. The van der Waals surface area contributed by atoms with Gasteiger partial charge in [-0.1, -0.05) is 29.2 Å². The fourth-order valence-corrected chi connectivity index (χ4v) is 7.79. The van der Waals surface area contributed by atoms with Crippen molar-refractivity contribution in [3.05, 3.63) is 59.9 Å². The van der Waals surface area contributed by atoms with Gasteiger partial charge in [-0.05, 0) is 69.4 Å². The van der Waals surface area contributed by atoms with Gasteiger partial charge in [0.2, 0.25) is 11.9 Å². The molecule has 2 fully saturated rings. The smallest absolute Gasteiger partial charge is 0.258 e. The summed E-state index contributed by atoms with van der Waals surface area (Å²) in [6.45, 7) is 6.61. The van der Waals surface area contributed by atoms with E-state index in [1.807, 2.05) is 19.1 Å². The van der Waals surface area contributed by atoms with Crippen molar-refractivity contribution < 1.29 is 22.7 Å². The van der Waals surface area contributed by atoms with Crippen LogP contribution < -0.4 is 10.1 Å². The lowest BCUT2D eigenvalue weighted by Gasteiger charge is -2.27. The third kappa shape index (κ3) is 6.58. The number of ether oxygens (including phenoxy) is 1. The number of carbonyl (C=O) groups is 2. The molecule has 0 saturated carbocycles. The summed E-state index contributed by atoms with van der Waals surface area (Å²) >= 11 is 2.30. The molecule has 0 unspecified atom stereocenters. The van der Waals surface area contributed by atoms with Crippen LogP contribution in [0.15, 0.2) is 43.1 Å². The van der Waals surface area contributed by atoms with Gasteiger partial charge in [0.15, 0.2) is 9.84 Å². The molecule has 2 saturated heterocycles. The minimum atomic E-state index is -3.01. The number of halogens is 1. The van der Waals surface area contributed by atoms with Crippen LogP contribution in [0.25, 0.3) is 11.0 Å². The van der Waals surface area contributed by atoms with Gasteiger partial charge in [-0.2, -0.15) is 0 Å². The number of alkyl halides is 1. The SMILES string of the molecule is C=CC(=O)N1CCCC[C@@H](n2c(NC(=O)c3ccnc(C)c3)nc3ccc(OC4CCS(=O)(=O)CC4)c(CI)c32)C1. The highest BCUT2D eigenvalue weighted by molar-refractivity contribution is 14.1. The zero-order chi connectivity index (χ0) is 29.1. The first-order valence-corrected chi connectivity index (χ1v) is 17.2. The van der Waals surface area contributed by atoms with Crippen LogP contribution in [-0.4, -0.2) is 70.4 Å². The molecule has 1 atom stereocenters. The second kappa shape index (κ2) is 12.5. The molecule has 218 valence electrons. The van der Waals surface area contributed by atoms with Crippen molar-refractivity contribution in [2.45, 2.75) is 55.6 Å². The molecule has 0 bridgehead atoms. The highest BCUT2D eigenvalue weighted by atomic mass is 127. The minimum Gasteiger partial charge on any atom is -0.490 e. The number of carbonyl (C=O) groups excluding carboxylic acids is 2. The summed E-state index contributed by atoms with van der Waals surface area (Å²) in [6.07, 6.45) is 6.24. The molecule has 0 spiro atoms. The maximum Gasteiger partial charge on any atom is 0.258 e. The third-order valence-electron chi connectivity index (χ3n) is 7.72. The van der Waals surface area contributed by atoms with E-state index in [0.717, 1.165) is 36.0 Å². The van der Waals surface area contributed by atoms with Crippen LogP contribution in [-0.2, 0) is 19.1 Å². The van der Waals surface area contributed by atoms with E-state index in [0.29, 0.717) is 53.1 Å². The number of nitrogens with zero attached hydrogens (tertiary/aromatic N) is 4. The van der Waals surface area contributed by atoms with Crippen LogP contribution in [0.4, 0.5) is 5.95 Å². The Bertz CT molecular complexity index is 1570. The molecule has 41 heavy (non-hydrogen) atoms. The number of hydrogen-bond donors (Lipinski definition) is 1. The summed E-state index contributed by atoms with van der Waals surface area (Å²) in [5.74, 6) is 0.923. The lowest BCUT2D eigenvalue weighted by Crippen LogP contribution is -2.34. The van der Waals surface area contributed by atoms with Gasteiger partial charge in [-0.3, -0.25) is 19.9 Å². The molecule has 12 heteroatoms. The normalized spacial score (nSPS) is 19.5. The Balaban J connectivity index is 1.59. The number of pyridine rings is 1. The molecule has 1 N–H and O–H groups in total. The van der Waals surface area contributed by atoms with Crippen LogP contribution in [0.2, 0.25) is 0 Å². The number of nitrogens with one attached hydrogen (secondary N) is 1. The van der Waals surface area contributed by atoms with E-state index in [2.05, 4.69) is 44.0 Å². The quantitative estimate of drug-likeness (QED) is 0.218. The van der Waals surface area contributed by atoms with E-state index in [9.17, 15) is 18.0 Å². The fourth-order valence-electron chi connectivity index (χ4n) is 5.61. The van der Waals surface area contributed by atoms with Gasteiger partial charge in [-0.15, -0.1) is 0 Å². The van der Waals surface area contributed by atoms with Gasteiger partial charge in [0.25, 0.3) is 5.91 Å². The van der Waals surface area contributed by atoms with Gasteiger partial charge < -0.3 is 14.2 Å². The molecule has 1 aromatic carbocycles. The summed E-state index contributed by atoms with van der Waals surface area (Å²) in [7, 11) is -3.01. The number of imidazole rings is 1. The predicted octanol–water partition coefficient (Wildman–Crippen LogP) is 4.62. The first-order valence-electron chi connectivity index (χ1n) is 13.8. The monoisotopic (exact) mass is 691 g/mol. The highest BCUT2D eigenvalue weighted by Gasteiger charge is 2.30. The van der Waals surface area contributed by atoms with E-state index < -0.39 is 9.84 Å². The van der Waals surface area contributed by atoms with Crippen molar-refractivity contribution >= 4 is 61.2 Å². The Labute approximate surface area is 253 Å². The van der Waals surface area contributed by atoms with Crippen molar-refractivity contribution in [3.8, 4) is 5.75 Å². The Hall–Kier alpha value is -3.00. The van der Waals surface area contributed by atoms with Crippen molar-refractivity contribution in [2.75, 3.05) is 29.9 Å². The summed E-state index contributed by atoms with van der Waals surface area (Å²) in [6, 6.07) is 7.02. The first-order chi connectivity index (χ1) is 19.7. The van der Waals surface area contributed by atoms with Crippen LogP contribution in [0.5, 0.6) is 5.75 Å². The third-order valence-corrected chi connectivity index (χ3v) is 10.2. The Morgan fingerprint density at radius 2 is 1.98 bits per heavy atom. The highest BCUT2D eigenvalue weighted by Crippen LogP contribution is 2.38. The Kier molecular flexibility index (Phi) is 8.97. The second-order valence-electron chi connectivity index (χ2n) is 10.6. The summed E-state index contributed by atoms with van der Waals surface area (Å²) < 4.78 is 33.0. The van der Waals surface area contributed by atoms with E-state index in [1.165, 1.54) is 6.08 Å². The molecule has 3 aromatic rings. The average Bonchev–Trinajstić information content (AvgIpc) is 3.13. The number of sulfone groups is 1. The topological polar surface area (TPSA) is 123 Å². The summed E-state index contributed by atoms with van der Waals surface area (Å²) in [5, 5.41) is 3.03. The molecule has 0 radical (unpaired) electrons. The number of benzene rings is 1. The fraction of sp³-hybridized carbons (Fsp3) is 0.448. The maximum atomic E-state index is 13.4. The van der Waals surface area contributed by atoms with Crippen LogP contribution in [0.1, 0.15) is 59.8 Å². The molecule has 2 aliphatic rings. The van der Waals surface area contributed by atoms with E-state index in [4.69, 9.17) is 9.72 Å². The lowest BCUT2D eigenvalue weighted by atomic mass is 10.1. The van der Waals surface area contributed by atoms with E-state index in [1.54, 1.807) is 23.2 Å². The Morgan fingerprint density at radius 1 is 1.20 bits per heavy atom. The maximum absolute atomic E-state index is 13.4. The number of aryl methyl sites for hydroxylation is 1. The summed E-state index contributed by atoms with van der Waals surface area (Å²) in [5.41, 5.74) is 3.70. The van der Waals surface area contributed by atoms with Crippen molar-refractivity contribution in [1.29, 1.82) is 0 Å². The number of rotatable bonds is 7. The minimum absolute atomic E-state index is 0.121. The molecule has 10 nitrogen and oxygen atoms in total. The zero-order valence-corrected chi connectivity index (χ0v) is 26.0. The van der Waals surface area contributed by atoms with E-state index >= 15 is 0 Å². The van der Waals surface area contributed by atoms with Crippen molar-refractivity contribution in [2.24, 2.45) is 0 Å². The molecule has 0 aliphatic carbocycles. The molecule has 5 rings (SSSR count). The van der Waals surface area contributed by atoms with Gasteiger partial charge in [0.05, 0.1) is 28.6 Å². The van der Waals surface area contributed by atoms with E-state index in [-0.39, 0.29) is 35.5 Å². The van der Waals surface area contributed by atoms with Crippen molar-refractivity contribution in [1.82, 2.24) is 19.4 Å². The number of likely N-dealkylation sites (tertiary alicyclic amines) is 1. The van der Waals surface area contributed by atoms with Crippen molar-refractivity contribution in [3.63, 3.8) is 0 Å². The molecule has 2 aliphatic heterocycles. The number of hydrogen-bond acceptors (Lipinski definition) is 7. The largest absolute Gasteiger partial charge is 0.490 e. The predicted molar refractivity (Wildman–Crippen MR) is 166 cm³/mol. The second-order valence-corrected chi connectivity index (χ2v) is 13.7. The van der Waals surface area contributed by atoms with Gasteiger partial charge in [0, 0.05) is 40.5 Å². The number of anilines is 1. The molecule has 2 amide bonds. The Morgan fingerprint density at radius 3 is 2.68 bits per heavy atom. The van der Waals surface area contributed by atoms with Crippen LogP contribution in [0.3, 0.4) is 0 Å². The van der Waals surface area contributed by atoms with Gasteiger partial charge in [0.1, 0.15) is 11.9 Å². The molecular weight excluding hydrogens is 657 g/mol. The first kappa shape index (κ1) is 29.5. The average molecular weight is 692 g/mol. The number of aromatic nitrogens is 3. The zero-order valence-electron chi connectivity index (χ0n) is 23.0. The van der Waals surface area contributed by atoms with Crippen LogP contribution >= 0.6 is 22.6 Å². The molecular formula is C29H34IN5O5S. The number of fused-ring (bicyclic) bond motifs is 1. The van der Waals surface area contributed by atoms with Gasteiger partial charge >= 0.3 is 0 Å². The molecule has 2 aromatic heterocycles. The standard InChI is InChI=1S/C29H34IN5O5S/c1-3-26(36)34-13-5-4-6-21(18-34)35-27-23(17-30)25(40-22-10-14-41(38,39)15-11-22)8-7-24(27)32-29(35)33-28(37)20-9-12-31-19(2)16-20/h3,7-9,12,16,21-22H,1,4-6,10-11,13-15,17-18H2,2H3,(H,32,33,37)/t21-/m1/s1. The lowest BCUT2D eigenvalue weighted by molar-refractivity contribution is -0.126. The van der Waals surface area contributed by atoms with Crippen LogP contribution in [0, 0.1) is 6.92 Å². The van der Waals surface area contributed by atoms with Gasteiger partial charge in [-0.25, -0.2) is 13.4 Å².